The summed E-state index contributed by atoms with van der Waals surface area (Å²) in [6.45, 7) is 2.56. The normalized spacial score (nSPS) is 17.5. The maximum Gasteiger partial charge on any atom is 0.290 e. The van der Waals surface area contributed by atoms with Crippen molar-refractivity contribution >= 4 is 26.7 Å². The Morgan fingerprint density at radius 1 is 1.22 bits per heavy atom. The van der Waals surface area contributed by atoms with Crippen molar-refractivity contribution in [2.75, 3.05) is 26.7 Å². The molecule has 1 amide bonds. The molecule has 0 spiro atoms. The average molecular weight is 458 g/mol. The van der Waals surface area contributed by atoms with Crippen LogP contribution in [0.15, 0.2) is 63.0 Å². The van der Waals surface area contributed by atoms with Gasteiger partial charge in [0.05, 0.1) is 12.0 Å². The first-order valence-corrected chi connectivity index (χ1v) is 11.5. The van der Waals surface area contributed by atoms with Crippen molar-refractivity contribution < 1.29 is 27.6 Å². The van der Waals surface area contributed by atoms with Crippen LogP contribution in [0.25, 0.3) is 11.0 Å². The van der Waals surface area contributed by atoms with E-state index in [-0.39, 0.29) is 34.7 Å². The molecule has 4 rings (SSSR count). The molecule has 1 aliphatic rings. The highest BCUT2D eigenvalue weighted by atomic mass is 32.2. The number of benzene rings is 2. The van der Waals surface area contributed by atoms with Gasteiger partial charge in [-0.2, -0.15) is 0 Å². The van der Waals surface area contributed by atoms with Gasteiger partial charge < -0.3 is 24.6 Å². The summed E-state index contributed by atoms with van der Waals surface area (Å²) in [5, 5.41) is 15.3. The molecule has 1 fully saturated rings. The number of rotatable bonds is 4. The van der Waals surface area contributed by atoms with Crippen LogP contribution in [0.5, 0.6) is 5.75 Å². The van der Waals surface area contributed by atoms with Crippen LogP contribution in [0.4, 0.5) is 0 Å². The SMILES string of the molecule is COc1ccc2/c(=N\O)cc(C(=O)N3CCNCC3S(=O)(=O)c3ccc(C)cc3)oc2c1. The highest BCUT2D eigenvalue weighted by molar-refractivity contribution is 7.92. The Balaban J connectivity index is 1.77. The Morgan fingerprint density at radius 2 is 1.97 bits per heavy atom. The predicted octanol–water partition coefficient (Wildman–Crippen LogP) is 1.89. The number of methoxy groups -OCH3 is 1. The summed E-state index contributed by atoms with van der Waals surface area (Å²) < 4.78 is 37.6. The molecule has 10 heteroatoms. The van der Waals surface area contributed by atoms with Crippen LogP contribution in [0.3, 0.4) is 0 Å². The van der Waals surface area contributed by atoms with Gasteiger partial charge in [-0.05, 0) is 31.2 Å². The Morgan fingerprint density at radius 3 is 2.66 bits per heavy atom. The summed E-state index contributed by atoms with van der Waals surface area (Å²) in [6.07, 6.45) is 0. The molecule has 1 atom stereocenters. The third-order valence-corrected chi connectivity index (χ3v) is 7.50. The van der Waals surface area contributed by atoms with Crippen LogP contribution in [0, 0.1) is 6.92 Å². The largest absolute Gasteiger partial charge is 0.497 e. The molecule has 2 heterocycles. The van der Waals surface area contributed by atoms with E-state index in [1.165, 1.54) is 30.2 Å². The van der Waals surface area contributed by atoms with Crippen molar-refractivity contribution in [2.45, 2.75) is 17.2 Å². The predicted molar refractivity (Wildman–Crippen MR) is 116 cm³/mol. The number of hydrogen-bond acceptors (Lipinski definition) is 8. The van der Waals surface area contributed by atoms with E-state index < -0.39 is 21.1 Å². The van der Waals surface area contributed by atoms with Crippen molar-refractivity contribution in [3.63, 3.8) is 0 Å². The van der Waals surface area contributed by atoms with Crippen molar-refractivity contribution in [1.82, 2.24) is 10.2 Å². The zero-order valence-electron chi connectivity index (χ0n) is 17.6. The van der Waals surface area contributed by atoms with E-state index in [0.717, 1.165) is 5.56 Å². The molecule has 32 heavy (non-hydrogen) atoms. The highest BCUT2D eigenvalue weighted by Crippen LogP contribution is 2.24. The minimum atomic E-state index is -3.84. The van der Waals surface area contributed by atoms with Crippen molar-refractivity contribution in [2.24, 2.45) is 5.16 Å². The van der Waals surface area contributed by atoms with Gasteiger partial charge in [0.15, 0.2) is 11.1 Å². The lowest BCUT2D eigenvalue weighted by molar-refractivity contribution is 0.0672. The van der Waals surface area contributed by atoms with E-state index in [0.29, 0.717) is 17.7 Å². The molecule has 2 aromatic carbocycles. The second-order valence-electron chi connectivity index (χ2n) is 7.47. The second kappa shape index (κ2) is 8.64. The molecular weight excluding hydrogens is 434 g/mol. The number of nitrogens with zero attached hydrogens (tertiary/aromatic N) is 2. The number of ether oxygens (including phenoxy) is 1. The van der Waals surface area contributed by atoms with Gasteiger partial charge in [-0.3, -0.25) is 4.79 Å². The van der Waals surface area contributed by atoms with E-state index in [9.17, 15) is 18.4 Å². The lowest BCUT2D eigenvalue weighted by Crippen LogP contribution is -2.56. The molecule has 1 unspecified atom stereocenters. The number of fused-ring (bicyclic) bond motifs is 1. The number of sulfone groups is 1. The van der Waals surface area contributed by atoms with Crippen LogP contribution in [0.1, 0.15) is 16.1 Å². The first-order valence-electron chi connectivity index (χ1n) is 9.97. The fraction of sp³-hybridized carbons (Fsp3) is 0.273. The van der Waals surface area contributed by atoms with Gasteiger partial charge in [0, 0.05) is 37.2 Å². The third kappa shape index (κ3) is 3.94. The molecule has 1 aliphatic heterocycles. The van der Waals surface area contributed by atoms with Gasteiger partial charge in [-0.15, -0.1) is 0 Å². The molecule has 2 N–H and O–H groups in total. The highest BCUT2D eigenvalue weighted by Gasteiger charge is 2.38. The number of carbonyl (C=O) groups is 1. The lowest BCUT2D eigenvalue weighted by atomic mass is 10.2. The summed E-state index contributed by atoms with van der Waals surface area (Å²) in [4.78, 5) is 14.8. The molecular formula is C22H23N3O6S. The van der Waals surface area contributed by atoms with Gasteiger partial charge in [0.25, 0.3) is 5.91 Å². The smallest absolute Gasteiger partial charge is 0.290 e. The van der Waals surface area contributed by atoms with Crippen LogP contribution in [0.2, 0.25) is 0 Å². The van der Waals surface area contributed by atoms with Crippen LogP contribution in [-0.4, -0.2) is 56.6 Å². The summed E-state index contributed by atoms with van der Waals surface area (Å²) in [6, 6.07) is 12.7. The molecule has 0 bridgehead atoms. The minimum absolute atomic E-state index is 0.0839. The Bertz CT molecular complexity index is 1330. The summed E-state index contributed by atoms with van der Waals surface area (Å²) >= 11 is 0. The fourth-order valence-electron chi connectivity index (χ4n) is 3.68. The standard InChI is InChI=1S/C22H23N3O6S/c1-14-3-6-16(7-4-14)32(28,29)21-13-23-9-10-25(21)22(26)20-12-18(24-27)17-8-5-15(30-2)11-19(17)31-20/h3-8,11-12,21,23,27H,9-10,13H2,1-2H3/b24-18-. The first kappa shape index (κ1) is 21.8. The molecule has 0 radical (unpaired) electrons. The van der Waals surface area contributed by atoms with Gasteiger partial charge in [0.2, 0.25) is 9.84 Å². The van der Waals surface area contributed by atoms with Crippen LogP contribution in [-0.2, 0) is 9.84 Å². The third-order valence-electron chi connectivity index (χ3n) is 5.44. The Kier molecular flexibility index (Phi) is 5.90. The lowest BCUT2D eigenvalue weighted by Gasteiger charge is -2.35. The number of aryl methyl sites for hydroxylation is 1. The average Bonchev–Trinajstić information content (AvgIpc) is 2.82. The maximum atomic E-state index is 13.4. The van der Waals surface area contributed by atoms with Crippen molar-refractivity contribution in [3.8, 4) is 5.75 Å². The van der Waals surface area contributed by atoms with Crippen LogP contribution >= 0.6 is 0 Å². The fourth-order valence-corrected chi connectivity index (χ4v) is 5.38. The Hall–Kier alpha value is -3.37. The topological polar surface area (TPSA) is 121 Å². The van der Waals surface area contributed by atoms with Crippen molar-refractivity contribution in [3.05, 3.63) is 65.2 Å². The number of carbonyl (C=O) groups excluding carboxylic acids is 1. The quantitative estimate of drug-likeness (QED) is 0.453. The van der Waals surface area contributed by atoms with E-state index in [4.69, 9.17) is 9.15 Å². The van der Waals surface area contributed by atoms with E-state index in [1.54, 1.807) is 30.3 Å². The van der Waals surface area contributed by atoms with E-state index in [2.05, 4.69) is 10.5 Å². The number of piperazine rings is 1. The summed E-state index contributed by atoms with van der Waals surface area (Å²) in [5.41, 5.74) is 1.21. The molecule has 1 aromatic heterocycles. The Labute approximate surface area is 184 Å². The first-order chi connectivity index (χ1) is 15.3. The van der Waals surface area contributed by atoms with E-state index >= 15 is 0 Å². The zero-order chi connectivity index (χ0) is 22.9. The van der Waals surface area contributed by atoms with Gasteiger partial charge in [-0.1, -0.05) is 22.9 Å². The summed E-state index contributed by atoms with van der Waals surface area (Å²) in [7, 11) is -2.35. The van der Waals surface area contributed by atoms with Gasteiger partial charge in [0.1, 0.15) is 16.7 Å². The zero-order valence-corrected chi connectivity index (χ0v) is 18.4. The number of amides is 1. The van der Waals surface area contributed by atoms with Crippen LogP contribution < -0.4 is 15.4 Å². The summed E-state index contributed by atoms with van der Waals surface area (Å²) in [5.74, 6) is -0.247. The van der Waals surface area contributed by atoms with E-state index in [1.807, 2.05) is 6.92 Å². The molecule has 168 valence electrons. The monoisotopic (exact) mass is 457 g/mol. The second-order valence-corrected chi connectivity index (χ2v) is 9.58. The molecule has 0 saturated carbocycles. The molecule has 0 aliphatic carbocycles. The van der Waals surface area contributed by atoms with Crippen molar-refractivity contribution in [1.29, 1.82) is 0 Å². The number of nitrogens with one attached hydrogen (secondary N) is 1. The molecule has 1 saturated heterocycles. The maximum absolute atomic E-state index is 13.4. The van der Waals surface area contributed by atoms with Gasteiger partial charge in [-0.25, -0.2) is 8.42 Å². The number of hydrogen-bond donors (Lipinski definition) is 2. The molecule has 9 nitrogen and oxygen atoms in total. The molecule has 3 aromatic rings. The van der Waals surface area contributed by atoms with Gasteiger partial charge >= 0.3 is 0 Å². The minimum Gasteiger partial charge on any atom is -0.497 e.